The third-order valence-corrected chi connectivity index (χ3v) is 4.08. The third kappa shape index (κ3) is 3.68. The van der Waals surface area contributed by atoms with E-state index in [0.29, 0.717) is 13.2 Å². The molecular formula is C14H26N2O3. The SMILES string of the molecule is CCCNC1COCC1C(=O)N1CCCC(OC)C1. The van der Waals surface area contributed by atoms with Crippen LogP contribution in [0, 0.1) is 5.92 Å². The number of ether oxygens (including phenoxy) is 2. The van der Waals surface area contributed by atoms with E-state index in [1.165, 1.54) is 0 Å². The van der Waals surface area contributed by atoms with Crippen LogP contribution in [0.4, 0.5) is 0 Å². The number of methoxy groups -OCH3 is 1. The standard InChI is InChI=1S/C14H26N2O3/c1-3-6-15-13-10-19-9-12(13)14(17)16-7-4-5-11(8-16)18-2/h11-13,15H,3-10H2,1-2H3. The molecule has 1 N–H and O–H groups in total. The molecule has 0 radical (unpaired) electrons. The van der Waals surface area contributed by atoms with Crippen LogP contribution in [0.2, 0.25) is 0 Å². The second-order valence-electron chi connectivity index (χ2n) is 5.49. The summed E-state index contributed by atoms with van der Waals surface area (Å²) in [5.74, 6) is 0.204. The Balaban J connectivity index is 1.90. The van der Waals surface area contributed by atoms with Gasteiger partial charge in [-0.3, -0.25) is 4.79 Å². The van der Waals surface area contributed by atoms with Gasteiger partial charge in [0.15, 0.2) is 0 Å². The molecule has 2 rings (SSSR count). The van der Waals surface area contributed by atoms with Gasteiger partial charge in [0.2, 0.25) is 5.91 Å². The zero-order chi connectivity index (χ0) is 13.7. The molecule has 3 unspecified atom stereocenters. The molecule has 0 aromatic heterocycles. The van der Waals surface area contributed by atoms with E-state index in [1.54, 1.807) is 7.11 Å². The molecule has 3 atom stereocenters. The summed E-state index contributed by atoms with van der Waals surface area (Å²) in [6, 6.07) is 0.176. The number of amides is 1. The highest BCUT2D eigenvalue weighted by Gasteiger charge is 2.37. The Kier molecular flexibility index (Phi) is 5.60. The number of rotatable bonds is 5. The molecule has 5 heteroatoms. The second kappa shape index (κ2) is 7.22. The normalized spacial score (nSPS) is 31.7. The summed E-state index contributed by atoms with van der Waals surface area (Å²) in [6.45, 7) is 5.86. The molecule has 0 aromatic rings. The molecule has 2 saturated heterocycles. The summed E-state index contributed by atoms with van der Waals surface area (Å²) in [7, 11) is 1.73. The van der Waals surface area contributed by atoms with Crippen LogP contribution in [0.25, 0.3) is 0 Å². The summed E-state index contributed by atoms with van der Waals surface area (Å²) in [5, 5.41) is 3.42. The van der Waals surface area contributed by atoms with Gasteiger partial charge in [0, 0.05) is 26.2 Å². The van der Waals surface area contributed by atoms with Crippen molar-refractivity contribution in [2.75, 3.05) is 40.0 Å². The van der Waals surface area contributed by atoms with Gasteiger partial charge in [-0.15, -0.1) is 0 Å². The van der Waals surface area contributed by atoms with Gasteiger partial charge in [0.1, 0.15) is 0 Å². The lowest BCUT2D eigenvalue weighted by molar-refractivity contribution is -0.139. The lowest BCUT2D eigenvalue weighted by Crippen LogP contribution is -2.50. The minimum Gasteiger partial charge on any atom is -0.380 e. The van der Waals surface area contributed by atoms with Crippen molar-refractivity contribution >= 4 is 5.91 Å². The Hall–Kier alpha value is -0.650. The molecule has 0 spiro atoms. The van der Waals surface area contributed by atoms with Gasteiger partial charge < -0.3 is 19.7 Å². The Morgan fingerprint density at radius 1 is 1.47 bits per heavy atom. The first-order valence-electron chi connectivity index (χ1n) is 7.39. The lowest BCUT2D eigenvalue weighted by Gasteiger charge is -2.34. The van der Waals surface area contributed by atoms with Crippen molar-refractivity contribution in [3.05, 3.63) is 0 Å². The van der Waals surface area contributed by atoms with Crippen LogP contribution in [0.15, 0.2) is 0 Å². The van der Waals surface area contributed by atoms with E-state index in [2.05, 4.69) is 12.2 Å². The summed E-state index contributed by atoms with van der Waals surface area (Å²) in [6.07, 6.45) is 3.36. The van der Waals surface area contributed by atoms with Gasteiger partial charge in [-0.05, 0) is 25.8 Å². The van der Waals surface area contributed by atoms with Gasteiger partial charge in [0.25, 0.3) is 0 Å². The Morgan fingerprint density at radius 2 is 2.32 bits per heavy atom. The Bertz CT molecular complexity index is 298. The van der Waals surface area contributed by atoms with Crippen molar-refractivity contribution in [3.63, 3.8) is 0 Å². The van der Waals surface area contributed by atoms with E-state index in [9.17, 15) is 4.79 Å². The number of carbonyl (C=O) groups is 1. The molecule has 110 valence electrons. The first-order chi connectivity index (χ1) is 9.26. The minimum absolute atomic E-state index is 0.0258. The van der Waals surface area contributed by atoms with E-state index in [0.717, 1.165) is 38.9 Å². The predicted molar refractivity (Wildman–Crippen MR) is 73.0 cm³/mol. The number of nitrogens with one attached hydrogen (secondary N) is 1. The molecule has 2 heterocycles. The maximum atomic E-state index is 12.6. The smallest absolute Gasteiger partial charge is 0.229 e. The van der Waals surface area contributed by atoms with Crippen LogP contribution in [0.5, 0.6) is 0 Å². The molecule has 0 bridgehead atoms. The van der Waals surface area contributed by atoms with E-state index >= 15 is 0 Å². The maximum Gasteiger partial charge on any atom is 0.229 e. The van der Waals surface area contributed by atoms with Gasteiger partial charge in [-0.25, -0.2) is 0 Å². The fourth-order valence-corrected chi connectivity index (χ4v) is 2.89. The Labute approximate surface area is 115 Å². The predicted octanol–water partition coefficient (Wildman–Crippen LogP) is 0.638. The minimum atomic E-state index is -0.0258. The van der Waals surface area contributed by atoms with Crippen molar-refractivity contribution in [1.29, 1.82) is 0 Å². The Morgan fingerprint density at radius 3 is 3.05 bits per heavy atom. The van der Waals surface area contributed by atoms with E-state index in [1.807, 2.05) is 4.90 Å². The maximum absolute atomic E-state index is 12.6. The van der Waals surface area contributed by atoms with Gasteiger partial charge in [-0.2, -0.15) is 0 Å². The van der Waals surface area contributed by atoms with Crippen molar-refractivity contribution < 1.29 is 14.3 Å². The lowest BCUT2D eigenvalue weighted by atomic mass is 9.99. The number of piperidine rings is 1. The highest BCUT2D eigenvalue weighted by atomic mass is 16.5. The van der Waals surface area contributed by atoms with Crippen LogP contribution in [-0.4, -0.2) is 62.9 Å². The third-order valence-electron chi connectivity index (χ3n) is 4.08. The van der Waals surface area contributed by atoms with Crippen LogP contribution in [0.3, 0.4) is 0 Å². The molecule has 2 aliphatic rings. The van der Waals surface area contributed by atoms with Gasteiger partial charge in [-0.1, -0.05) is 6.92 Å². The van der Waals surface area contributed by atoms with E-state index in [4.69, 9.17) is 9.47 Å². The average Bonchev–Trinajstić information content (AvgIpc) is 2.92. The molecule has 1 amide bonds. The zero-order valence-corrected chi connectivity index (χ0v) is 12.1. The van der Waals surface area contributed by atoms with Crippen LogP contribution >= 0.6 is 0 Å². The molecule has 5 nitrogen and oxygen atoms in total. The van der Waals surface area contributed by atoms with Crippen LogP contribution in [-0.2, 0) is 14.3 Å². The highest BCUT2D eigenvalue weighted by molar-refractivity contribution is 5.80. The fraction of sp³-hybridized carbons (Fsp3) is 0.929. The molecule has 2 fully saturated rings. The molecular weight excluding hydrogens is 244 g/mol. The number of nitrogens with zero attached hydrogens (tertiary/aromatic N) is 1. The van der Waals surface area contributed by atoms with Gasteiger partial charge in [0.05, 0.1) is 25.2 Å². The summed E-state index contributed by atoms with van der Waals surface area (Å²) < 4.78 is 10.9. The number of hydrogen-bond donors (Lipinski definition) is 1. The van der Waals surface area contributed by atoms with E-state index < -0.39 is 0 Å². The van der Waals surface area contributed by atoms with Crippen molar-refractivity contribution in [2.45, 2.75) is 38.3 Å². The number of hydrogen-bond acceptors (Lipinski definition) is 4. The summed E-state index contributed by atoms with van der Waals surface area (Å²) >= 11 is 0. The quantitative estimate of drug-likeness (QED) is 0.796. The molecule has 0 saturated carbocycles. The first kappa shape index (κ1) is 14.8. The highest BCUT2D eigenvalue weighted by Crippen LogP contribution is 2.20. The molecule has 0 aromatic carbocycles. The zero-order valence-electron chi connectivity index (χ0n) is 12.1. The van der Waals surface area contributed by atoms with Gasteiger partial charge >= 0.3 is 0 Å². The van der Waals surface area contributed by atoms with Crippen LogP contribution < -0.4 is 5.32 Å². The second-order valence-corrected chi connectivity index (χ2v) is 5.49. The summed E-state index contributed by atoms with van der Waals surface area (Å²) in [5.41, 5.74) is 0. The molecule has 2 aliphatic heterocycles. The molecule has 19 heavy (non-hydrogen) atoms. The monoisotopic (exact) mass is 270 g/mol. The largest absolute Gasteiger partial charge is 0.380 e. The van der Waals surface area contributed by atoms with E-state index in [-0.39, 0.29) is 24.0 Å². The van der Waals surface area contributed by atoms with Crippen molar-refractivity contribution in [2.24, 2.45) is 5.92 Å². The van der Waals surface area contributed by atoms with Crippen molar-refractivity contribution in [1.82, 2.24) is 10.2 Å². The van der Waals surface area contributed by atoms with Crippen molar-refractivity contribution in [3.8, 4) is 0 Å². The van der Waals surface area contributed by atoms with Crippen LogP contribution in [0.1, 0.15) is 26.2 Å². The number of likely N-dealkylation sites (tertiary alicyclic amines) is 1. The molecule has 0 aliphatic carbocycles. The number of carbonyl (C=O) groups excluding carboxylic acids is 1. The first-order valence-corrected chi connectivity index (χ1v) is 7.39. The topological polar surface area (TPSA) is 50.8 Å². The average molecular weight is 270 g/mol. The summed E-state index contributed by atoms with van der Waals surface area (Å²) in [4.78, 5) is 14.5. The fourth-order valence-electron chi connectivity index (χ4n) is 2.89.